The van der Waals surface area contributed by atoms with Gasteiger partial charge in [-0.15, -0.1) is 0 Å². The minimum atomic E-state index is 0.834. The summed E-state index contributed by atoms with van der Waals surface area (Å²) >= 11 is 0. The summed E-state index contributed by atoms with van der Waals surface area (Å²) in [4.78, 5) is 4.18. The average molecular weight is 151 g/mol. The Morgan fingerprint density at radius 2 is 2.55 bits per heavy atom. The molecule has 0 aliphatic rings. The highest BCUT2D eigenvalue weighted by molar-refractivity contribution is 5.75. The Hall–Kier alpha value is -1.05. The van der Waals surface area contributed by atoms with Gasteiger partial charge in [-0.25, -0.2) is 0 Å². The molecule has 0 aliphatic heterocycles. The normalized spacial score (nSPS) is 11.0. The maximum atomic E-state index is 5.06. The van der Waals surface area contributed by atoms with Crippen LogP contribution in [0.3, 0.4) is 0 Å². The molecule has 1 aromatic heterocycles. The van der Waals surface area contributed by atoms with Gasteiger partial charge in [-0.3, -0.25) is 4.99 Å². The molecule has 1 heterocycles. The molecule has 0 amide bonds. The van der Waals surface area contributed by atoms with Gasteiger partial charge in [0.25, 0.3) is 0 Å². The monoisotopic (exact) mass is 151 g/mol. The first-order chi connectivity index (χ1) is 5.43. The van der Waals surface area contributed by atoms with Crippen molar-refractivity contribution in [1.29, 1.82) is 0 Å². The topological polar surface area (TPSA) is 25.5 Å². The number of hydrogen-bond donors (Lipinski definition) is 0. The smallest absolute Gasteiger partial charge is 0.144 e. The molecule has 2 nitrogen and oxygen atoms in total. The highest BCUT2D eigenvalue weighted by atomic mass is 16.3. The SMILES string of the molecule is CCCCN=Cc1ccco1. The van der Waals surface area contributed by atoms with Crippen LogP contribution in [-0.2, 0) is 0 Å². The first-order valence-corrected chi connectivity index (χ1v) is 3.97. The lowest BCUT2D eigenvalue weighted by atomic mass is 10.3. The molecular weight excluding hydrogens is 138 g/mol. The van der Waals surface area contributed by atoms with Crippen LogP contribution in [0.25, 0.3) is 0 Å². The summed E-state index contributed by atoms with van der Waals surface area (Å²) in [5.74, 6) is 0.834. The van der Waals surface area contributed by atoms with Gasteiger partial charge in [0.15, 0.2) is 0 Å². The zero-order valence-electron chi connectivity index (χ0n) is 6.79. The minimum Gasteiger partial charge on any atom is -0.463 e. The number of unbranched alkanes of at least 4 members (excludes halogenated alkanes) is 1. The van der Waals surface area contributed by atoms with Crippen LogP contribution in [0.4, 0.5) is 0 Å². The summed E-state index contributed by atoms with van der Waals surface area (Å²) in [5.41, 5.74) is 0. The predicted molar refractivity (Wildman–Crippen MR) is 46.1 cm³/mol. The Bertz CT molecular complexity index is 201. The van der Waals surface area contributed by atoms with Crippen molar-refractivity contribution in [3.8, 4) is 0 Å². The first kappa shape index (κ1) is 8.05. The largest absolute Gasteiger partial charge is 0.463 e. The van der Waals surface area contributed by atoms with E-state index < -0.39 is 0 Å². The van der Waals surface area contributed by atoms with Gasteiger partial charge in [-0.1, -0.05) is 13.3 Å². The molecule has 0 saturated heterocycles. The van der Waals surface area contributed by atoms with E-state index >= 15 is 0 Å². The van der Waals surface area contributed by atoms with E-state index in [4.69, 9.17) is 4.42 Å². The molecule has 0 aliphatic carbocycles. The molecule has 0 radical (unpaired) electrons. The third-order valence-electron chi connectivity index (χ3n) is 1.40. The third kappa shape index (κ3) is 3.03. The van der Waals surface area contributed by atoms with E-state index in [1.807, 2.05) is 12.1 Å². The van der Waals surface area contributed by atoms with Crippen molar-refractivity contribution in [2.75, 3.05) is 6.54 Å². The Labute approximate surface area is 66.9 Å². The summed E-state index contributed by atoms with van der Waals surface area (Å²) in [5, 5.41) is 0. The van der Waals surface area contributed by atoms with Crippen molar-refractivity contribution in [2.24, 2.45) is 4.99 Å². The van der Waals surface area contributed by atoms with Crippen molar-refractivity contribution >= 4 is 6.21 Å². The van der Waals surface area contributed by atoms with E-state index in [-0.39, 0.29) is 0 Å². The molecule has 0 atom stereocenters. The molecule has 0 N–H and O–H groups in total. The highest BCUT2D eigenvalue weighted by Crippen LogP contribution is 1.95. The second kappa shape index (κ2) is 4.72. The van der Waals surface area contributed by atoms with Crippen LogP contribution in [0.5, 0.6) is 0 Å². The van der Waals surface area contributed by atoms with E-state index in [1.165, 1.54) is 6.42 Å². The van der Waals surface area contributed by atoms with Gasteiger partial charge in [0, 0.05) is 6.54 Å². The van der Waals surface area contributed by atoms with E-state index in [1.54, 1.807) is 12.5 Å². The van der Waals surface area contributed by atoms with E-state index in [0.29, 0.717) is 0 Å². The minimum absolute atomic E-state index is 0.834. The van der Waals surface area contributed by atoms with Crippen molar-refractivity contribution < 1.29 is 4.42 Å². The fourth-order valence-electron chi connectivity index (χ4n) is 0.769. The second-order valence-electron chi connectivity index (χ2n) is 2.40. The van der Waals surface area contributed by atoms with Gasteiger partial charge in [0.1, 0.15) is 5.76 Å². The molecule has 1 aromatic rings. The third-order valence-corrected chi connectivity index (χ3v) is 1.40. The van der Waals surface area contributed by atoms with Crippen LogP contribution in [-0.4, -0.2) is 12.8 Å². The number of aliphatic imine (C=N–C) groups is 1. The zero-order valence-corrected chi connectivity index (χ0v) is 6.79. The van der Waals surface area contributed by atoms with Crippen molar-refractivity contribution in [2.45, 2.75) is 19.8 Å². The molecule has 0 bridgehead atoms. The quantitative estimate of drug-likeness (QED) is 0.479. The van der Waals surface area contributed by atoms with Gasteiger partial charge < -0.3 is 4.42 Å². The van der Waals surface area contributed by atoms with E-state index in [9.17, 15) is 0 Å². The molecule has 11 heavy (non-hydrogen) atoms. The molecule has 0 unspecified atom stereocenters. The zero-order chi connectivity index (χ0) is 7.94. The summed E-state index contributed by atoms with van der Waals surface area (Å²) < 4.78 is 5.06. The Morgan fingerprint density at radius 3 is 3.18 bits per heavy atom. The number of hydrogen-bond acceptors (Lipinski definition) is 2. The summed E-state index contributed by atoms with van der Waals surface area (Å²) in [7, 11) is 0. The fourth-order valence-corrected chi connectivity index (χ4v) is 0.769. The fraction of sp³-hybridized carbons (Fsp3) is 0.444. The second-order valence-corrected chi connectivity index (χ2v) is 2.40. The lowest BCUT2D eigenvalue weighted by Crippen LogP contribution is -1.80. The van der Waals surface area contributed by atoms with Crippen LogP contribution >= 0.6 is 0 Å². The van der Waals surface area contributed by atoms with Crippen molar-refractivity contribution in [3.63, 3.8) is 0 Å². The van der Waals surface area contributed by atoms with Gasteiger partial charge in [0.05, 0.1) is 12.5 Å². The van der Waals surface area contributed by atoms with E-state index in [0.717, 1.165) is 18.7 Å². The van der Waals surface area contributed by atoms with Gasteiger partial charge in [-0.05, 0) is 18.6 Å². The number of furan rings is 1. The molecule has 0 fully saturated rings. The van der Waals surface area contributed by atoms with Crippen LogP contribution in [0.15, 0.2) is 27.8 Å². The number of rotatable bonds is 4. The maximum absolute atomic E-state index is 5.06. The maximum Gasteiger partial charge on any atom is 0.144 e. The standard InChI is InChI=1S/C9H13NO/c1-2-3-6-10-8-9-5-4-7-11-9/h4-5,7-8H,2-3,6H2,1H3. The van der Waals surface area contributed by atoms with Gasteiger partial charge >= 0.3 is 0 Å². The van der Waals surface area contributed by atoms with Crippen LogP contribution < -0.4 is 0 Å². The first-order valence-electron chi connectivity index (χ1n) is 3.97. The molecule has 0 aromatic carbocycles. The Balaban J connectivity index is 2.25. The highest BCUT2D eigenvalue weighted by Gasteiger charge is 1.86. The lowest BCUT2D eigenvalue weighted by Gasteiger charge is -1.87. The van der Waals surface area contributed by atoms with Gasteiger partial charge in [0.2, 0.25) is 0 Å². The van der Waals surface area contributed by atoms with Crippen molar-refractivity contribution in [1.82, 2.24) is 0 Å². The summed E-state index contributed by atoms with van der Waals surface area (Å²) in [6.07, 6.45) is 5.77. The van der Waals surface area contributed by atoms with Crippen LogP contribution in [0.2, 0.25) is 0 Å². The average Bonchev–Trinajstić information content (AvgIpc) is 2.50. The van der Waals surface area contributed by atoms with Crippen LogP contribution in [0.1, 0.15) is 25.5 Å². The Kier molecular flexibility index (Phi) is 3.45. The van der Waals surface area contributed by atoms with Gasteiger partial charge in [-0.2, -0.15) is 0 Å². The molecule has 0 saturated carbocycles. The molecular formula is C9H13NO. The van der Waals surface area contributed by atoms with Crippen molar-refractivity contribution in [3.05, 3.63) is 24.2 Å². The van der Waals surface area contributed by atoms with E-state index in [2.05, 4.69) is 11.9 Å². The molecule has 1 rings (SSSR count). The van der Waals surface area contributed by atoms with Crippen LogP contribution in [0, 0.1) is 0 Å². The summed E-state index contributed by atoms with van der Waals surface area (Å²) in [6, 6.07) is 3.76. The summed E-state index contributed by atoms with van der Waals surface area (Å²) in [6.45, 7) is 3.06. The Morgan fingerprint density at radius 1 is 1.64 bits per heavy atom. The predicted octanol–water partition coefficient (Wildman–Crippen LogP) is 2.50. The molecule has 60 valence electrons. The molecule has 2 heteroatoms. The molecule has 0 spiro atoms. The number of nitrogens with zero attached hydrogens (tertiary/aromatic N) is 1. The lowest BCUT2D eigenvalue weighted by molar-refractivity contribution is 0.560.